The molecular formula is C27H43N3O3. The van der Waals surface area contributed by atoms with Gasteiger partial charge in [-0.25, -0.2) is 0 Å². The summed E-state index contributed by atoms with van der Waals surface area (Å²) in [5, 5.41) is 3.54. The van der Waals surface area contributed by atoms with E-state index in [-0.39, 0.29) is 11.8 Å². The van der Waals surface area contributed by atoms with Crippen LogP contribution in [0.3, 0.4) is 0 Å². The number of carbonyl (C=O) groups excluding carboxylic acids is 2. The lowest BCUT2D eigenvalue weighted by atomic mass is 9.93. The Morgan fingerprint density at radius 1 is 0.970 bits per heavy atom. The standard InChI is InChI=1S/C27H43N3O3/c1-3-26(31)24-21-23(22-9-5-6-10-22)11-12-25(24)28-13-7-8-14-29-15-17-30(18-16-29)19-20-33-27(32)4-2/h11-12,21-22,28H,3-10,13-20H2,1-2H3. The van der Waals surface area contributed by atoms with E-state index in [9.17, 15) is 9.59 Å². The van der Waals surface area contributed by atoms with Crippen LogP contribution >= 0.6 is 0 Å². The number of ether oxygens (including phenoxy) is 1. The Bertz CT molecular complexity index is 753. The molecule has 1 aromatic rings. The van der Waals surface area contributed by atoms with Gasteiger partial charge in [0.05, 0.1) is 0 Å². The molecule has 6 nitrogen and oxygen atoms in total. The average Bonchev–Trinajstić information content (AvgIpc) is 3.39. The Morgan fingerprint density at radius 2 is 1.67 bits per heavy atom. The van der Waals surface area contributed by atoms with Crippen molar-refractivity contribution in [1.82, 2.24) is 9.80 Å². The highest BCUT2D eigenvalue weighted by atomic mass is 16.5. The lowest BCUT2D eigenvalue weighted by molar-refractivity contribution is -0.143. The number of hydrogen-bond acceptors (Lipinski definition) is 6. The minimum absolute atomic E-state index is 0.113. The van der Waals surface area contributed by atoms with Gasteiger partial charge in [0.1, 0.15) is 6.61 Å². The molecule has 1 saturated heterocycles. The fourth-order valence-electron chi connectivity index (χ4n) is 4.96. The van der Waals surface area contributed by atoms with E-state index in [1.54, 1.807) is 0 Å². The topological polar surface area (TPSA) is 61.9 Å². The monoisotopic (exact) mass is 457 g/mol. The smallest absolute Gasteiger partial charge is 0.305 e. The normalized spacial score (nSPS) is 17.9. The van der Waals surface area contributed by atoms with Crippen LogP contribution in [0.2, 0.25) is 0 Å². The first-order valence-electron chi connectivity index (χ1n) is 13.1. The van der Waals surface area contributed by atoms with Crippen molar-refractivity contribution in [1.29, 1.82) is 0 Å². The molecule has 0 amide bonds. The van der Waals surface area contributed by atoms with Crippen LogP contribution in [-0.4, -0.2) is 74.0 Å². The molecule has 33 heavy (non-hydrogen) atoms. The van der Waals surface area contributed by atoms with Crippen LogP contribution in [0.15, 0.2) is 18.2 Å². The van der Waals surface area contributed by atoms with E-state index >= 15 is 0 Å². The van der Waals surface area contributed by atoms with Gasteiger partial charge >= 0.3 is 5.97 Å². The van der Waals surface area contributed by atoms with E-state index in [4.69, 9.17) is 4.74 Å². The summed E-state index contributed by atoms with van der Waals surface area (Å²) in [5.41, 5.74) is 3.22. The number of nitrogens with zero attached hydrogens (tertiary/aromatic N) is 2. The second-order valence-corrected chi connectivity index (χ2v) is 9.45. The molecule has 1 heterocycles. The van der Waals surface area contributed by atoms with E-state index in [1.807, 2.05) is 13.8 Å². The minimum Gasteiger partial charge on any atom is -0.464 e. The summed E-state index contributed by atoms with van der Waals surface area (Å²) in [4.78, 5) is 28.7. The molecule has 1 aliphatic carbocycles. The Morgan fingerprint density at radius 3 is 2.33 bits per heavy atom. The lowest BCUT2D eigenvalue weighted by Crippen LogP contribution is -2.47. The molecule has 0 radical (unpaired) electrons. The number of esters is 1. The highest BCUT2D eigenvalue weighted by Crippen LogP contribution is 2.35. The van der Waals surface area contributed by atoms with Crippen LogP contribution in [0, 0.1) is 0 Å². The average molecular weight is 458 g/mol. The lowest BCUT2D eigenvalue weighted by Gasteiger charge is -2.34. The molecule has 0 unspecified atom stereocenters. The fraction of sp³-hybridized carbons (Fsp3) is 0.704. The first kappa shape index (κ1) is 25.7. The molecule has 1 N–H and O–H groups in total. The first-order chi connectivity index (χ1) is 16.1. The van der Waals surface area contributed by atoms with Crippen LogP contribution in [0.5, 0.6) is 0 Å². The summed E-state index contributed by atoms with van der Waals surface area (Å²) in [6.07, 6.45) is 8.38. The summed E-state index contributed by atoms with van der Waals surface area (Å²) < 4.78 is 5.19. The maximum Gasteiger partial charge on any atom is 0.305 e. The summed E-state index contributed by atoms with van der Waals surface area (Å²) in [5.74, 6) is 0.757. The highest BCUT2D eigenvalue weighted by Gasteiger charge is 2.20. The van der Waals surface area contributed by atoms with Gasteiger partial charge in [-0.2, -0.15) is 0 Å². The van der Waals surface area contributed by atoms with Gasteiger partial charge < -0.3 is 15.0 Å². The number of piperazine rings is 1. The predicted octanol–water partition coefficient (Wildman–Crippen LogP) is 4.70. The third kappa shape index (κ3) is 8.11. The van der Waals surface area contributed by atoms with Crippen molar-refractivity contribution in [3.63, 3.8) is 0 Å². The molecule has 0 bridgehead atoms. The van der Waals surface area contributed by atoms with Gasteiger partial charge in [0, 0.05) is 63.4 Å². The summed E-state index contributed by atoms with van der Waals surface area (Å²) in [6.45, 7) is 11.4. The summed E-state index contributed by atoms with van der Waals surface area (Å²) in [7, 11) is 0. The van der Waals surface area contributed by atoms with Gasteiger partial charge in [0.2, 0.25) is 0 Å². The molecule has 1 aromatic carbocycles. The van der Waals surface area contributed by atoms with E-state index in [2.05, 4.69) is 33.3 Å². The van der Waals surface area contributed by atoms with Crippen molar-refractivity contribution in [2.45, 2.75) is 71.1 Å². The summed E-state index contributed by atoms with van der Waals surface area (Å²) in [6, 6.07) is 6.52. The molecule has 0 spiro atoms. The maximum atomic E-state index is 12.6. The zero-order valence-electron chi connectivity index (χ0n) is 20.7. The second kappa shape index (κ2) is 13.7. The number of unbranched alkanes of at least 4 members (excludes halogenated alkanes) is 1. The van der Waals surface area contributed by atoms with E-state index in [0.717, 1.165) is 69.9 Å². The maximum absolute atomic E-state index is 12.6. The second-order valence-electron chi connectivity index (χ2n) is 9.45. The molecule has 1 aliphatic heterocycles. The number of anilines is 1. The minimum atomic E-state index is -0.113. The van der Waals surface area contributed by atoms with E-state index in [0.29, 0.717) is 25.4 Å². The van der Waals surface area contributed by atoms with Crippen LogP contribution < -0.4 is 5.32 Å². The van der Waals surface area contributed by atoms with Crippen molar-refractivity contribution >= 4 is 17.4 Å². The Labute approximate surface area is 200 Å². The van der Waals surface area contributed by atoms with Crippen molar-refractivity contribution in [2.75, 3.05) is 57.7 Å². The number of rotatable bonds is 13. The molecule has 3 rings (SSSR count). The Hall–Kier alpha value is -1.92. The predicted molar refractivity (Wildman–Crippen MR) is 134 cm³/mol. The third-order valence-electron chi connectivity index (χ3n) is 7.13. The van der Waals surface area contributed by atoms with Crippen LogP contribution in [-0.2, 0) is 9.53 Å². The fourth-order valence-corrected chi connectivity index (χ4v) is 4.96. The van der Waals surface area contributed by atoms with Crippen molar-refractivity contribution in [3.05, 3.63) is 29.3 Å². The SMILES string of the molecule is CCC(=O)OCCN1CCN(CCCCNc2ccc(C3CCCC3)cc2C(=O)CC)CC1. The molecule has 184 valence electrons. The zero-order chi connectivity index (χ0) is 23.5. The number of Topliss-reactive ketones (excluding diaryl/α,β-unsaturated/α-hetero) is 1. The number of carbonyl (C=O) groups is 2. The molecule has 1 saturated carbocycles. The van der Waals surface area contributed by atoms with Crippen LogP contribution in [0.25, 0.3) is 0 Å². The Kier molecular flexibility index (Phi) is 10.7. The van der Waals surface area contributed by atoms with Crippen LogP contribution in [0.1, 0.15) is 87.1 Å². The largest absolute Gasteiger partial charge is 0.464 e. The molecule has 0 aromatic heterocycles. The molecule has 2 fully saturated rings. The molecule has 0 atom stereocenters. The number of hydrogen-bond donors (Lipinski definition) is 1. The number of ketones is 1. The van der Waals surface area contributed by atoms with Gasteiger partial charge in [0.15, 0.2) is 5.78 Å². The van der Waals surface area contributed by atoms with E-state index < -0.39 is 0 Å². The van der Waals surface area contributed by atoms with Gasteiger partial charge in [-0.15, -0.1) is 0 Å². The first-order valence-corrected chi connectivity index (χ1v) is 13.1. The van der Waals surface area contributed by atoms with Gasteiger partial charge in [-0.05, 0) is 55.8 Å². The third-order valence-corrected chi connectivity index (χ3v) is 7.13. The molecule has 6 heteroatoms. The zero-order valence-corrected chi connectivity index (χ0v) is 20.7. The quantitative estimate of drug-likeness (QED) is 0.263. The highest BCUT2D eigenvalue weighted by molar-refractivity contribution is 6.01. The van der Waals surface area contributed by atoms with Crippen LogP contribution in [0.4, 0.5) is 5.69 Å². The van der Waals surface area contributed by atoms with Crippen molar-refractivity contribution in [2.24, 2.45) is 0 Å². The summed E-state index contributed by atoms with van der Waals surface area (Å²) >= 11 is 0. The van der Waals surface area contributed by atoms with Crippen molar-refractivity contribution < 1.29 is 14.3 Å². The molecular weight excluding hydrogens is 414 g/mol. The van der Waals surface area contributed by atoms with Gasteiger partial charge in [0.25, 0.3) is 0 Å². The van der Waals surface area contributed by atoms with Crippen molar-refractivity contribution in [3.8, 4) is 0 Å². The van der Waals surface area contributed by atoms with Gasteiger partial charge in [-0.3, -0.25) is 14.5 Å². The Balaban J connectivity index is 1.35. The van der Waals surface area contributed by atoms with Gasteiger partial charge in [-0.1, -0.05) is 32.8 Å². The molecule has 2 aliphatic rings. The number of nitrogens with one attached hydrogen (secondary N) is 1. The van der Waals surface area contributed by atoms with E-state index in [1.165, 1.54) is 31.2 Å². The number of benzene rings is 1.